The molecule has 2 amide bonds. The first kappa shape index (κ1) is 19.7. The molecule has 8 heteroatoms. The number of alkyl halides is 3. The average molecular weight is 392 g/mol. The Bertz CT molecular complexity index is 866. The van der Waals surface area contributed by atoms with Crippen molar-refractivity contribution in [1.29, 1.82) is 0 Å². The van der Waals surface area contributed by atoms with Crippen LogP contribution in [0.25, 0.3) is 0 Å². The number of rotatable bonds is 5. The maximum absolute atomic E-state index is 12.5. The van der Waals surface area contributed by atoms with Gasteiger partial charge in [0, 0.05) is 18.7 Å². The van der Waals surface area contributed by atoms with Gasteiger partial charge in [0.1, 0.15) is 0 Å². The Morgan fingerprint density at radius 2 is 1.86 bits per heavy atom. The van der Waals surface area contributed by atoms with E-state index in [-0.39, 0.29) is 24.6 Å². The van der Waals surface area contributed by atoms with E-state index >= 15 is 0 Å². The lowest BCUT2D eigenvalue weighted by molar-refractivity contribution is -0.274. The number of halogens is 3. The minimum absolute atomic E-state index is 0.0103. The van der Waals surface area contributed by atoms with Crippen molar-refractivity contribution < 1.29 is 27.5 Å². The van der Waals surface area contributed by atoms with Crippen molar-refractivity contribution in [2.45, 2.75) is 26.1 Å². The zero-order chi connectivity index (χ0) is 20.3. The Labute approximate surface area is 160 Å². The summed E-state index contributed by atoms with van der Waals surface area (Å²) < 4.78 is 41.5. The van der Waals surface area contributed by atoms with Crippen LogP contribution in [0.2, 0.25) is 0 Å². The van der Waals surface area contributed by atoms with Crippen molar-refractivity contribution >= 4 is 23.2 Å². The number of carbonyl (C=O) groups is 2. The molecule has 1 atom stereocenters. The summed E-state index contributed by atoms with van der Waals surface area (Å²) in [5.74, 6) is -1.90. The summed E-state index contributed by atoms with van der Waals surface area (Å²) in [6, 6.07) is 12.8. The Morgan fingerprint density at radius 3 is 2.50 bits per heavy atom. The van der Waals surface area contributed by atoms with E-state index in [1.807, 2.05) is 31.2 Å². The SMILES string of the molecule is CCc1ccc(N2CC(C(=O)Nc3ccccc3OC(F)(F)F)CC2=O)cc1. The van der Waals surface area contributed by atoms with Crippen LogP contribution in [0.5, 0.6) is 5.75 Å². The van der Waals surface area contributed by atoms with Crippen LogP contribution in [0.4, 0.5) is 24.5 Å². The number of amides is 2. The first-order valence-electron chi connectivity index (χ1n) is 8.81. The van der Waals surface area contributed by atoms with Gasteiger partial charge in [0.05, 0.1) is 11.6 Å². The normalized spacial score (nSPS) is 16.9. The predicted octanol–water partition coefficient (Wildman–Crippen LogP) is 4.14. The molecule has 5 nitrogen and oxygen atoms in total. The van der Waals surface area contributed by atoms with Gasteiger partial charge in [-0.1, -0.05) is 31.2 Å². The highest BCUT2D eigenvalue weighted by molar-refractivity contribution is 6.03. The number of nitrogens with one attached hydrogen (secondary N) is 1. The smallest absolute Gasteiger partial charge is 0.404 e. The van der Waals surface area contributed by atoms with E-state index in [1.165, 1.54) is 23.1 Å². The molecule has 1 saturated heterocycles. The highest BCUT2D eigenvalue weighted by Crippen LogP contribution is 2.31. The minimum atomic E-state index is -4.87. The maximum atomic E-state index is 12.5. The summed E-state index contributed by atoms with van der Waals surface area (Å²) in [5.41, 5.74) is 1.73. The van der Waals surface area contributed by atoms with Gasteiger partial charge in [0.15, 0.2) is 5.75 Å². The van der Waals surface area contributed by atoms with E-state index in [1.54, 1.807) is 0 Å². The molecule has 1 N–H and O–H groups in total. The molecule has 0 spiro atoms. The van der Waals surface area contributed by atoms with Crippen molar-refractivity contribution in [2.24, 2.45) is 5.92 Å². The monoisotopic (exact) mass is 392 g/mol. The van der Waals surface area contributed by atoms with Gasteiger partial charge in [-0.15, -0.1) is 13.2 Å². The lowest BCUT2D eigenvalue weighted by atomic mass is 10.1. The molecule has 1 unspecified atom stereocenters. The Balaban J connectivity index is 1.70. The summed E-state index contributed by atoms with van der Waals surface area (Å²) in [5, 5.41) is 2.44. The van der Waals surface area contributed by atoms with Gasteiger partial charge >= 0.3 is 6.36 Å². The number of carbonyl (C=O) groups excluding carboxylic acids is 2. The van der Waals surface area contributed by atoms with Crippen LogP contribution in [0, 0.1) is 5.92 Å². The minimum Gasteiger partial charge on any atom is -0.404 e. The van der Waals surface area contributed by atoms with Gasteiger partial charge < -0.3 is 15.0 Å². The molecule has 2 aromatic carbocycles. The number of benzene rings is 2. The summed E-state index contributed by atoms with van der Waals surface area (Å²) in [6.07, 6.45) is -4.01. The standard InChI is InChI=1S/C20H19F3N2O3/c1-2-13-7-9-15(10-8-13)25-12-14(11-18(25)26)19(27)24-16-5-3-4-6-17(16)28-20(21,22)23/h3-10,14H,2,11-12H2,1H3,(H,24,27). The molecule has 0 aliphatic carbocycles. The largest absolute Gasteiger partial charge is 0.573 e. The average Bonchev–Trinajstić information content (AvgIpc) is 3.04. The van der Waals surface area contributed by atoms with Gasteiger partial charge in [0.2, 0.25) is 11.8 Å². The zero-order valence-electron chi connectivity index (χ0n) is 15.1. The predicted molar refractivity (Wildman–Crippen MR) is 98.0 cm³/mol. The molecule has 1 heterocycles. The zero-order valence-corrected chi connectivity index (χ0v) is 15.1. The van der Waals surface area contributed by atoms with Crippen LogP contribution >= 0.6 is 0 Å². The Hall–Kier alpha value is -3.03. The molecule has 1 fully saturated rings. The summed E-state index contributed by atoms with van der Waals surface area (Å²) in [7, 11) is 0. The van der Waals surface area contributed by atoms with E-state index < -0.39 is 23.9 Å². The lowest BCUT2D eigenvalue weighted by Crippen LogP contribution is -2.28. The first-order chi connectivity index (χ1) is 13.3. The first-order valence-corrected chi connectivity index (χ1v) is 8.81. The molecule has 0 bridgehead atoms. The molecule has 1 aliphatic rings. The number of hydrogen-bond donors (Lipinski definition) is 1. The molecule has 2 aromatic rings. The maximum Gasteiger partial charge on any atom is 0.573 e. The van der Waals surface area contributed by atoms with E-state index in [0.29, 0.717) is 5.69 Å². The van der Waals surface area contributed by atoms with Gasteiger partial charge in [-0.3, -0.25) is 9.59 Å². The molecule has 0 aromatic heterocycles. The Kier molecular flexibility index (Phi) is 5.58. The molecule has 1 aliphatic heterocycles. The second kappa shape index (κ2) is 7.92. The fourth-order valence-electron chi connectivity index (χ4n) is 3.06. The molecular weight excluding hydrogens is 373 g/mol. The van der Waals surface area contributed by atoms with Gasteiger partial charge in [-0.2, -0.15) is 0 Å². The van der Waals surface area contributed by atoms with Crippen LogP contribution in [-0.4, -0.2) is 24.7 Å². The highest BCUT2D eigenvalue weighted by atomic mass is 19.4. The van der Waals surface area contributed by atoms with Crippen molar-refractivity contribution in [3.05, 3.63) is 54.1 Å². The molecule has 148 valence electrons. The van der Waals surface area contributed by atoms with Gasteiger partial charge in [-0.25, -0.2) is 0 Å². The van der Waals surface area contributed by atoms with E-state index in [9.17, 15) is 22.8 Å². The second-order valence-electron chi connectivity index (χ2n) is 6.46. The van der Waals surface area contributed by atoms with E-state index in [2.05, 4.69) is 10.1 Å². The van der Waals surface area contributed by atoms with Crippen LogP contribution in [0.1, 0.15) is 18.9 Å². The number of hydrogen-bond acceptors (Lipinski definition) is 3. The number of para-hydroxylation sites is 2. The van der Waals surface area contributed by atoms with Crippen molar-refractivity contribution in [2.75, 3.05) is 16.8 Å². The second-order valence-corrected chi connectivity index (χ2v) is 6.46. The number of nitrogens with zero attached hydrogens (tertiary/aromatic N) is 1. The summed E-state index contributed by atoms with van der Waals surface area (Å²) >= 11 is 0. The quantitative estimate of drug-likeness (QED) is 0.832. The van der Waals surface area contributed by atoms with E-state index in [0.717, 1.165) is 18.1 Å². The molecule has 0 saturated carbocycles. The third-order valence-corrected chi connectivity index (χ3v) is 4.52. The fourth-order valence-corrected chi connectivity index (χ4v) is 3.06. The number of ether oxygens (including phenoxy) is 1. The van der Waals surface area contributed by atoms with Crippen LogP contribution < -0.4 is 15.0 Å². The fraction of sp³-hybridized carbons (Fsp3) is 0.300. The molecule has 3 rings (SSSR count). The van der Waals surface area contributed by atoms with Gasteiger partial charge in [-0.05, 0) is 36.2 Å². The van der Waals surface area contributed by atoms with Crippen LogP contribution in [0.15, 0.2) is 48.5 Å². The number of aryl methyl sites for hydroxylation is 1. The molecular formula is C20H19F3N2O3. The number of anilines is 2. The summed E-state index contributed by atoms with van der Waals surface area (Å²) in [4.78, 5) is 26.4. The van der Waals surface area contributed by atoms with Crippen LogP contribution in [0.3, 0.4) is 0 Å². The van der Waals surface area contributed by atoms with Crippen molar-refractivity contribution in [1.82, 2.24) is 0 Å². The topological polar surface area (TPSA) is 58.6 Å². The third-order valence-electron chi connectivity index (χ3n) is 4.52. The van der Waals surface area contributed by atoms with Crippen LogP contribution in [-0.2, 0) is 16.0 Å². The highest BCUT2D eigenvalue weighted by Gasteiger charge is 2.36. The van der Waals surface area contributed by atoms with Crippen molar-refractivity contribution in [3.8, 4) is 5.75 Å². The third kappa shape index (κ3) is 4.62. The molecule has 28 heavy (non-hydrogen) atoms. The Morgan fingerprint density at radius 1 is 1.18 bits per heavy atom. The summed E-state index contributed by atoms with van der Waals surface area (Å²) in [6.45, 7) is 2.19. The van der Waals surface area contributed by atoms with Gasteiger partial charge in [0.25, 0.3) is 0 Å². The lowest BCUT2D eigenvalue weighted by Gasteiger charge is -2.18. The van der Waals surface area contributed by atoms with E-state index in [4.69, 9.17) is 0 Å². The van der Waals surface area contributed by atoms with Crippen molar-refractivity contribution in [3.63, 3.8) is 0 Å². The molecule has 0 radical (unpaired) electrons.